The van der Waals surface area contributed by atoms with E-state index in [4.69, 9.17) is 23.7 Å². The van der Waals surface area contributed by atoms with Crippen molar-refractivity contribution in [2.45, 2.75) is 46.6 Å². The Morgan fingerprint density at radius 2 is 1.67 bits per heavy atom. The van der Waals surface area contributed by atoms with Crippen LogP contribution in [0.25, 0.3) is 0 Å². The first-order valence-electron chi connectivity index (χ1n) is 12.2. The van der Waals surface area contributed by atoms with Gasteiger partial charge in [-0.2, -0.15) is 0 Å². The molecular formula is C29H39NO6. The Hall–Kier alpha value is -3.61. The second-order valence-electron chi connectivity index (χ2n) is 7.91. The summed E-state index contributed by atoms with van der Waals surface area (Å²) in [5, 5.41) is 0. The Balaban J connectivity index is 0.000000583. The summed E-state index contributed by atoms with van der Waals surface area (Å²) >= 11 is 0. The first kappa shape index (κ1) is 28.6. The van der Waals surface area contributed by atoms with Crippen LogP contribution in [0.3, 0.4) is 0 Å². The zero-order chi connectivity index (χ0) is 26.7. The van der Waals surface area contributed by atoms with Crippen molar-refractivity contribution in [3.05, 3.63) is 65.8 Å². The van der Waals surface area contributed by atoms with Crippen molar-refractivity contribution >= 4 is 5.91 Å². The monoisotopic (exact) mass is 497 g/mol. The number of amides is 1. The molecule has 7 nitrogen and oxygen atoms in total. The van der Waals surface area contributed by atoms with Crippen LogP contribution in [-0.4, -0.2) is 45.5 Å². The van der Waals surface area contributed by atoms with E-state index >= 15 is 0 Å². The summed E-state index contributed by atoms with van der Waals surface area (Å²) < 4.78 is 27.0. The van der Waals surface area contributed by atoms with Crippen LogP contribution in [0.4, 0.5) is 0 Å². The van der Waals surface area contributed by atoms with Gasteiger partial charge in [0.2, 0.25) is 18.4 Å². The van der Waals surface area contributed by atoms with E-state index in [-0.39, 0.29) is 12.7 Å². The Bertz CT molecular complexity index is 1040. The number of rotatable bonds is 7. The van der Waals surface area contributed by atoms with Crippen molar-refractivity contribution in [3.63, 3.8) is 0 Å². The fourth-order valence-corrected chi connectivity index (χ4v) is 4.06. The number of likely N-dealkylation sites (tertiary alicyclic amines) is 1. The molecule has 1 atom stereocenters. The van der Waals surface area contributed by atoms with E-state index < -0.39 is 5.92 Å². The molecule has 1 fully saturated rings. The molecule has 36 heavy (non-hydrogen) atoms. The van der Waals surface area contributed by atoms with Crippen molar-refractivity contribution in [3.8, 4) is 28.7 Å². The molecule has 7 heteroatoms. The molecule has 2 aliphatic heterocycles. The van der Waals surface area contributed by atoms with E-state index in [9.17, 15) is 4.79 Å². The summed E-state index contributed by atoms with van der Waals surface area (Å²) in [6.07, 6.45) is 5.34. The molecule has 1 unspecified atom stereocenters. The molecule has 0 spiro atoms. The molecule has 0 bridgehead atoms. The van der Waals surface area contributed by atoms with Crippen molar-refractivity contribution in [2.75, 3.05) is 34.7 Å². The number of fused-ring (bicyclic) bond motifs is 1. The van der Waals surface area contributed by atoms with E-state index in [1.54, 1.807) is 26.2 Å². The Labute approximate surface area is 215 Å². The minimum atomic E-state index is -0.397. The van der Waals surface area contributed by atoms with Crippen molar-refractivity contribution in [1.29, 1.82) is 0 Å². The molecule has 196 valence electrons. The molecule has 1 amide bonds. The second-order valence-corrected chi connectivity index (χ2v) is 7.91. The summed E-state index contributed by atoms with van der Waals surface area (Å²) in [5.74, 6) is 2.59. The first-order valence-corrected chi connectivity index (χ1v) is 12.2. The number of benzene rings is 2. The van der Waals surface area contributed by atoms with Crippen molar-refractivity contribution < 1.29 is 28.5 Å². The predicted octanol–water partition coefficient (Wildman–Crippen LogP) is 6.12. The fourth-order valence-electron chi connectivity index (χ4n) is 4.06. The average Bonchev–Trinajstić information content (AvgIpc) is 3.48. The zero-order valence-electron chi connectivity index (χ0n) is 22.6. The Morgan fingerprint density at radius 1 is 1.03 bits per heavy atom. The zero-order valence-corrected chi connectivity index (χ0v) is 22.6. The van der Waals surface area contributed by atoms with Crippen molar-refractivity contribution in [1.82, 2.24) is 4.90 Å². The van der Waals surface area contributed by atoms with E-state index in [1.807, 2.05) is 51.1 Å². The van der Waals surface area contributed by atoms with Gasteiger partial charge in [-0.05, 0) is 54.3 Å². The van der Waals surface area contributed by atoms with E-state index in [0.29, 0.717) is 41.8 Å². The number of carbonyl (C=O) groups is 1. The van der Waals surface area contributed by atoms with Crippen LogP contribution in [0.5, 0.6) is 28.7 Å². The number of hydrogen-bond donors (Lipinski definition) is 0. The van der Waals surface area contributed by atoms with Gasteiger partial charge in [-0.25, -0.2) is 0 Å². The molecule has 0 N–H and O–H groups in total. The van der Waals surface area contributed by atoms with Gasteiger partial charge >= 0.3 is 0 Å². The molecule has 2 heterocycles. The molecule has 0 aromatic heterocycles. The van der Waals surface area contributed by atoms with E-state index in [0.717, 1.165) is 23.1 Å². The summed E-state index contributed by atoms with van der Waals surface area (Å²) in [6, 6.07) is 9.29. The topological polar surface area (TPSA) is 66.5 Å². The molecule has 2 aromatic carbocycles. The number of methoxy groups -OCH3 is 3. The lowest BCUT2D eigenvalue weighted by molar-refractivity contribution is -0.129. The lowest BCUT2D eigenvalue weighted by Gasteiger charge is -2.19. The van der Waals surface area contributed by atoms with Crippen LogP contribution in [0.15, 0.2) is 54.6 Å². The van der Waals surface area contributed by atoms with Gasteiger partial charge in [0.25, 0.3) is 0 Å². The highest BCUT2D eigenvalue weighted by Crippen LogP contribution is 2.41. The largest absolute Gasteiger partial charge is 0.493 e. The smallest absolute Gasteiger partial charge is 0.234 e. The molecule has 2 aliphatic rings. The highest BCUT2D eigenvalue weighted by atomic mass is 16.7. The molecule has 0 aliphatic carbocycles. The van der Waals surface area contributed by atoms with Gasteiger partial charge in [-0.3, -0.25) is 4.79 Å². The van der Waals surface area contributed by atoms with Gasteiger partial charge in [0.15, 0.2) is 23.0 Å². The summed E-state index contributed by atoms with van der Waals surface area (Å²) in [4.78, 5) is 14.9. The van der Waals surface area contributed by atoms with Crippen LogP contribution in [-0.2, 0) is 11.3 Å². The van der Waals surface area contributed by atoms with Gasteiger partial charge in [-0.1, -0.05) is 45.6 Å². The molecule has 4 rings (SSSR count). The normalized spacial score (nSPS) is 15.8. The lowest BCUT2D eigenvalue weighted by Crippen LogP contribution is -2.26. The van der Waals surface area contributed by atoms with Crippen LogP contribution >= 0.6 is 0 Å². The number of hydrogen-bond acceptors (Lipinski definition) is 6. The minimum Gasteiger partial charge on any atom is -0.493 e. The van der Waals surface area contributed by atoms with Gasteiger partial charge in [0, 0.05) is 13.1 Å². The van der Waals surface area contributed by atoms with Gasteiger partial charge in [0.1, 0.15) is 0 Å². The second kappa shape index (κ2) is 14.1. The summed E-state index contributed by atoms with van der Waals surface area (Å²) in [5.41, 5.74) is 2.59. The first-order chi connectivity index (χ1) is 17.5. The summed E-state index contributed by atoms with van der Waals surface area (Å²) in [6.45, 7) is 13.4. The third kappa shape index (κ3) is 6.53. The number of allylic oxidation sites excluding steroid dienone is 2. The molecule has 2 aromatic rings. The SMILES string of the molecule is C/C=C\CC.C=C1CN(Cc2cc(OC)c(OC)c(OC)c2)C(=O)C1c1ccc2c(c1)OCO2.CC. The molecule has 0 saturated carbocycles. The summed E-state index contributed by atoms with van der Waals surface area (Å²) in [7, 11) is 4.70. The van der Waals surface area contributed by atoms with Crippen LogP contribution in [0, 0.1) is 0 Å². The lowest BCUT2D eigenvalue weighted by atomic mass is 9.94. The maximum Gasteiger partial charge on any atom is 0.234 e. The molecular weight excluding hydrogens is 458 g/mol. The highest BCUT2D eigenvalue weighted by Gasteiger charge is 2.36. The highest BCUT2D eigenvalue weighted by molar-refractivity contribution is 5.90. The maximum atomic E-state index is 13.2. The van der Waals surface area contributed by atoms with E-state index in [2.05, 4.69) is 25.7 Å². The average molecular weight is 498 g/mol. The van der Waals surface area contributed by atoms with Gasteiger partial charge in [-0.15, -0.1) is 0 Å². The third-order valence-corrected chi connectivity index (χ3v) is 5.66. The van der Waals surface area contributed by atoms with Crippen LogP contribution < -0.4 is 23.7 Å². The number of nitrogens with zero attached hydrogens (tertiary/aromatic N) is 1. The van der Waals surface area contributed by atoms with Crippen molar-refractivity contribution in [2.24, 2.45) is 0 Å². The number of ether oxygens (including phenoxy) is 5. The predicted molar refractivity (Wildman–Crippen MR) is 142 cm³/mol. The fraction of sp³-hybridized carbons (Fsp3) is 0.414. The van der Waals surface area contributed by atoms with Crippen LogP contribution in [0.1, 0.15) is 51.2 Å². The van der Waals surface area contributed by atoms with Crippen LogP contribution in [0.2, 0.25) is 0 Å². The minimum absolute atomic E-state index is 0.00242. The number of carbonyl (C=O) groups excluding carboxylic acids is 1. The third-order valence-electron chi connectivity index (χ3n) is 5.66. The Kier molecular flexibility index (Phi) is 11.2. The van der Waals surface area contributed by atoms with Gasteiger partial charge in [0.05, 0.1) is 27.2 Å². The Morgan fingerprint density at radius 3 is 2.19 bits per heavy atom. The molecule has 0 radical (unpaired) electrons. The maximum absolute atomic E-state index is 13.2. The van der Waals surface area contributed by atoms with Gasteiger partial charge < -0.3 is 28.6 Å². The molecule has 1 saturated heterocycles. The standard InChI is InChI=1S/C22H23NO6.C5H10.C2H6/c1-13-10-23(11-14-7-18(25-2)21(27-4)19(8-14)26-3)22(24)20(13)15-5-6-16-17(9-15)29-12-28-16;1-3-5-4-2;1-2/h5-9,20H,1,10-12H2,2-4H3;3,5H,4H2,1-2H3;1-2H3/b;5-3-;. The quantitative estimate of drug-likeness (QED) is 0.429. The van der Waals surface area contributed by atoms with E-state index in [1.165, 1.54) is 0 Å².